The van der Waals surface area contributed by atoms with Crippen molar-refractivity contribution in [1.29, 1.82) is 0 Å². The Morgan fingerprint density at radius 2 is 1.92 bits per heavy atom. The van der Waals surface area contributed by atoms with E-state index in [0.717, 1.165) is 24.1 Å². The van der Waals surface area contributed by atoms with E-state index < -0.39 is 32.6 Å². The maximum atomic E-state index is 13.5. The van der Waals surface area contributed by atoms with Gasteiger partial charge in [-0.15, -0.1) is 0 Å². The zero-order valence-electron chi connectivity index (χ0n) is 22.5. The molecule has 2 rings (SSSR count). The molecule has 1 unspecified atom stereocenters. The lowest BCUT2D eigenvalue weighted by molar-refractivity contribution is -0.125. The van der Waals surface area contributed by atoms with Gasteiger partial charge >= 0.3 is 0 Å². The van der Waals surface area contributed by atoms with Gasteiger partial charge in [0.1, 0.15) is 0 Å². The second-order valence-corrected chi connectivity index (χ2v) is 13.5. The fourth-order valence-electron chi connectivity index (χ4n) is 4.83. The summed E-state index contributed by atoms with van der Waals surface area (Å²) in [6, 6.07) is 6.85. The number of anilines is 1. The van der Waals surface area contributed by atoms with Crippen LogP contribution in [0.1, 0.15) is 72.3 Å². The van der Waals surface area contributed by atoms with Gasteiger partial charge in [0, 0.05) is 42.9 Å². The molecule has 8 nitrogen and oxygen atoms in total. The lowest BCUT2D eigenvalue weighted by Crippen LogP contribution is -2.47. The van der Waals surface area contributed by atoms with E-state index in [1.54, 1.807) is 18.7 Å². The first kappa shape index (κ1) is 30.3. The second-order valence-electron chi connectivity index (χ2n) is 11.0. The summed E-state index contributed by atoms with van der Waals surface area (Å²) < 4.78 is 25.3. The summed E-state index contributed by atoms with van der Waals surface area (Å²) in [5.74, 6) is -0.581. The van der Waals surface area contributed by atoms with Gasteiger partial charge < -0.3 is 21.1 Å². The molecule has 0 radical (unpaired) electrons. The summed E-state index contributed by atoms with van der Waals surface area (Å²) >= 11 is 0. The lowest BCUT2D eigenvalue weighted by Gasteiger charge is -2.37. The van der Waals surface area contributed by atoms with Crippen LogP contribution in [-0.4, -0.2) is 61.6 Å². The highest BCUT2D eigenvalue weighted by molar-refractivity contribution is 7.92. The minimum atomic E-state index is -3.31. The van der Waals surface area contributed by atoms with Gasteiger partial charge in [0.15, 0.2) is 9.84 Å². The number of benzene rings is 1. The molecule has 1 aromatic carbocycles. The molecular weight excluding hydrogens is 478 g/mol. The number of nitrogens with two attached hydrogens (primary N) is 1. The van der Waals surface area contributed by atoms with Crippen LogP contribution in [0.15, 0.2) is 24.3 Å². The number of aliphatic hydroxyl groups is 1. The molecule has 204 valence electrons. The number of rotatable bonds is 13. The van der Waals surface area contributed by atoms with Crippen molar-refractivity contribution in [1.82, 2.24) is 5.32 Å². The Morgan fingerprint density at radius 1 is 1.25 bits per heavy atom. The summed E-state index contributed by atoms with van der Waals surface area (Å²) in [7, 11) is -3.31. The number of hydrogen-bond donors (Lipinski definition) is 3. The number of unbranched alkanes of at least 4 members (excludes halogenated alkanes) is 1. The SMILES string of the molecule is CCCCNC(=O)[C@H](C)C[C@H](O)[C@@H](N)CC(C)(C)CC(=O)N1CC(S(=O)(=O)CC)Cc2ccccc21. The molecule has 2 amide bonds. The first-order valence-corrected chi connectivity index (χ1v) is 14.8. The Bertz CT molecular complexity index is 995. The third-order valence-electron chi connectivity index (χ3n) is 7.11. The molecule has 0 saturated heterocycles. The van der Waals surface area contributed by atoms with Crippen LogP contribution in [0.25, 0.3) is 0 Å². The highest BCUT2D eigenvalue weighted by Gasteiger charge is 2.37. The Balaban J connectivity index is 2.04. The van der Waals surface area contributed by atoms with E-state index in [1.165, 1.54) is 0 Å². The van der Waals surface area contributed by atoms with Gasteiger partial charge in [0.05, 0.1) is 11.4 Å². The molecule has 1 aliphatic rings. The number of fused-ring (bicyclic) bond motifs is 1. The Kier molecular flexibility index (Phi) is 10.9. The van der Waals surface area contributed by atoms with E-state index in [9.17, 15) is 23.1 Å². The van der Waals surface area contributed by atoms with Gasteiger partial charge in [-0.3, -0.25) is 9.59 Å². The van der Waals surface area contributed by atoms with Crippen LogP contribution in [0.5, 0.6) is 0 Å². The topological polar surface area (TPSA) is 130 Å². The molecule has 4 N–H and O–H groups in total. The van der Waals surface area contributed by atoms with E-state index in [1.807, 2.05) is 38.1 Å². The summed E-state index contributed by atoms with van der Waals surface area (Å²) in [5.41, 5.74) is 7.40. The maximum absolute atomic E-state index is 13.5. The van der Waals surface area contributed by atoms with Crippen LogP contribution in [0.3, 0.4) is 0 Å². The molecule has 0 bridgehead atoms. The number of hydrogen-bond acceptors (Lipinski definition) is 6. The predicted octanol–water partition coefficient (Wildman–Crippen LogP) is 2.82. The fourth-order valence-corrected chi connectivity index (χ4v) is 6.11. The van der Waals surface area contributed by atoms with Gasteiger partial charge in [0.2, 0.25) is 11.8 Å². The van der Waals surface area contributed by atoms with Gasteiger partial charge in [-0.1, -0.05) is 59.2 Å². The second kappa shape index (κ2) is 13.0. The van der Waals surface area contributed by atoms with E-state index >= 15 is 0 Å². The first-order chi connectivity index (χ1) is 16.8. The Morgan fingerprint density at radius 3 is 2.56 bits per heavy atom. The average Bonchev–Trinajstić information content (AvgIpc) is 2.82. The zero-order chi connectivity index (χ0) is 27.1. The Hall–Kier alpha value is -1.97. The molecule has 0 saturated carbocycles. The van der Waals surface area contributed by atoms with Crippen molar-refractivity contribution >= 4 is 27.3 Å². The summed E-state index contributed by atoms with van der Waals surface area (Å²) in [4.78, 5) is 27.3. The van der Waals surface area contributed by atoms with E-state index in [4.69, 9.17) is 5.73 Å². The molecule has 0 aromatic heterocycles. The smallest absolute Gasteiger partial charge is 0.227 e. The molecule has 9 heteroatoms. The molecule has 36 heavy (non-hydrogen) atoms. The largest absolute Gasteiger partial charge is 0.391 e. The molecule has 1 aromatic rings. The highest BCUT2D eigenvalue weighted by atomic mass is 32.2. The van der Waals surface area contributed by atoms with Gasteiger partial charge in [-0.05, 0) is 42.7 Å². The number of nitrogens with zero attached hydrogens (tertiary/aromatic N) is 1. The third kappa shape index (κ3) is 8.28. The van der Waals surface area contributed by atoms with Crippen LogP contribution in [0, 0.1) is 11.3 Å². The molecule has 0 aliphatic carbocycles. The number of aliphatic hydroxyl groups excluding tert-OH is 1. The van der Waals surface area contributed by atoms with Crippen LogP contribution >= 0.6 is 0 Å². The number of para-hydroxylation sites is 1. The molecule has 4 atom stereocenters. The van der Waals surface area contributed by atoms with E-state index in [0.29, 0.717) is 19.4 Å². The summed E-state index contributed by atoms with van der Waals surface area (Å²) in [5, 5.41) is 12.9. The van der Waals surface area contributed by atoms with E-state index in [-0.39, 0.29) is 42.9 Å². The lowest BCUT2D eigenvalue weighted by atomic mass is 9.79. The monoisotopic (exact) mass is 523 g/mol. The Labute approximate surface area is 216 Å². The standard InChI is InChI=1S/C27H45N3O5S/c1-6-8-13-29-26(33)19(3)14-24(31)22(28)16-27(4,5)17-25(32)30-18-21(36(34,35)7-2)15-20-11-9-10-12-23(20)30/h9-12,19,21-22,24,31H,6-8,13-18,28H2,1-5H3,(H,29,33)/t19-,21?,22+,24+/m1/s1. The van der Waals surface area contributed by atoms with Gasteiger partial charge in [0.25, 0.3) is 0 Å². The molecule has 0 spiro atoms. The van der Waals surface area contributed by atoms with Crippen molar-refractivity contribution in [3.8, 4) is 0 Å². The first-order valence-electron chi connectivity index (χ1n) is 13.1. The van der Waals surface area contributed by atoms with Crippen molar-refractivity contribution in [3.63, 3.8) is 0 Å². The quantitative estimate of drug-likeness (QED) is 0.341. The van der Waals surface area contributed by atoms with Crippen LogP contribution in [-0.2, 0) is 25.8 Å². The minimum Gasteiger partial charge on any atom is -0.391 e. The normalized spacial score (nSPS) is 18.8. The summed E-state index contributed by atoms with van der Waals surface area (Å²) in [6.07, 6.45) is 2.23. The summed E-state index contributed by atoms with van der Waals surface area (Å²) in [6.45, 7) is 10.1. The third-order valence-corrected chi connectivity index (χ3v) is 9.25. The van der Waals surface area contributed by atoms with Crippen molar-refractivity contribution in [2.45, 2.75) is 90.5 Å². The number of carbonyl (C=O) groups is 2. The number of nitrogens with one attached hydrogen (secondary N) is 1. The fraction of sp³-hybridized carbons (Fsp3) is 0.704. The molecule has 1 heterocycles. The molecule has 0 fully saturated rings. The minimum absolute atomic E-state index is 0.0369. The van der Waals surface area contributed by atoms with Crippen molar-refractivity contribution in [2.24, 2.45) is 17.1 Å². The number of amides is 2. The van der Waals surface area contributed by atoms with Crippen LogP contribution in [0.4, 0.5) is 5.69 Å². The predicted molar refractivity (Wildman–Crippen MR) is 144 cm³/mol. The number of carbonyl (C=O) groups excluding carboxylic acids is 2. The van der Waals surface area contributed by atoms with Gasteiger partial charge in [-0.2, -0.15) is 0 Å². The molecular formula is C27H45N3O5S. The van der Waals surface area contributed by atoms with Gasteiger partial charge in [-0.25, -0.2) is 8.42 Å². The van der Waals surface area contributed by atoms with Crippen molar-refractivity contribution in [2.75, 3.05) is 23.7 Å². The highest BCUT2D eigenvalue weighted by Crippen LogP contribution is 2.34. The zero-order valence-corrected chi connectivity index (χ0v) is 23.3. The van der Waals surface area contributed by atoms with Crippen LogP contribution in [0.2, 0.25) is 0 Å². The van der Waals surface area contributed by atoms with E-state index in [2.05, 4.69) is 12.2 Å². The average molecular weight is 524 g/mol. The number of sulfone groups is 1. The van der Waals surface area contributed by atoms with Crippen LogP contribution < -0.4 is 16.0 Å². The van der Waals surface area contributed by atoms with Crippen molar-refractivity contribution < 1.29 is 23.1 Å². The maximum Gasteiger partial charge on any atom is 0.227 e. The van der Waals surface area contributed by atoms with Crippen molar-refractivity contribution in [3.05, 3.63) is 29.8 Å². The molecule has 1 aliphatic heterocycles.